The fraction of sp³-hybridized carbons (Fsp3) is 0.300. The van der Waals surface area contributed by atoms with Crippen molar-refractivity contribution in [3.05, 3.63) is 35.7 Å². The van der Waals surface area contributed by atoms with Crippen LogP contribution in [0.5, 0.6) is 0 Å². The maximum Gasteiger partial charge on any atom is 0.184 e. The molecule has 1 aromatic heterocycles. The lowest BCUT2D eigenvalue weighted by Gasteiger charge is -2.20. The summed E-state index contributed by atoms with van der Waals surface area (Å²) >= 11 is 0. The Hall–Kier alpha value is -1.91. The summed E-state index contributed by atoms with van der Waals surface area (Å²) in [7, 11) is 0. The lowest BCUT2D eigenvalue weighted by atomic mass is 9.84. The Morgan fingerprint density at radius 2 is 1.87 bits per heavy atom. The number of tetrazole rings is 1. The summed E-state index contributed by atoms with van der Waals surface area (Å²) in [6.45, 7) is 4.09. The maximum absolute atomic E-state index is 5.64. The van der Waals surface area contributed by atoms with E-state index in [0.29, 0.717) is 5.82 Å². The molecule has 0 fully saturated rings. The molecule has 0 atom stereocenters. The third kappa shape index (κ3) is 1.68. The van der Waals surface area contributed by atoms with Crippen LogP contribution in [0.2, 0.25) is 0 Å². The lowest BCUT2D eigenvalue weighted by Crippen LogP contribution is -2.20. The number of hydrogen-bond donors (Lipinski definition) is 2. The number of rotatable bonds is 2. The SMILES string of the molecule is CC(C)(c1ccc(N)cc1)c1nn[nH]n1. The number of anilines is 1. The highest BCUT2D eigenvalue weighted by Gasteiger charge is 2.27. The van der Waals surface area contributed by atoms with Crippen LogP contribution in [0, 0.1) is 0 Å². The fourth-order valence-electron chi connectivity index (χ4n) is 1.46. The van der Waals surface area contributed by atoms with E-state index < -0.39 is 0 Å². The van der Waals surface area contributed by atoms with Crippen molar-refractivity contribution >= 4 is 5.69 Å². The number of benzene rings is 1. The molecule has 0 amide bonds. The second-order valence-electron chi connectivity index (χ2n) is 3.98. The van der Waals surface area contributed by atoms with Gasteiger partial charge in [-0.3, -0.25) is 0 Å². The lowest BCUT2D eigenvalue weighted by molar-refractivity contribution is 0.591. The molecule has 78 valence electrons. The Morgan fingerprint density at radius 1 is 1.20 bits per heavy atom. The molecule has 2 aromatic rings. The standard InChI is InChI=1S/C10H13N5/c1-10(2,9-12-14-15-13-9)7-3-5-8(11)6-4-7/h3-6H,11H2,1-2H3,(H,12,13,14,15). The third-order valence-electron chi connectivity index (χ3n) is 2.54. The quantitative estimate of drug-likeness (QED) is 0.716. The number of aromatic nitrogens is 4. The number of aromatic amines is 1. The molecule has 1 heterocycles. The Labute approximate surface area is 87.7 Å². The number of nitrogens with zero attached hydrogens (tertiary/aromatic N) is 3. The van der Waals surface area contributed by atoms with Crippen LogP contribution < -0.4 is 5.73 Å². The van der Waals surface area contributed by atoms with E-state index >= 15 is 0 Å². The van der Waals surface area contributed by atoms with Crippen molar-refractivity contribution in [3.8, 4) is 0 Å². The van der Waals surface area contributed by atoms with Crippen molar-refractivity contribution in [2.45, 2.75) is 19.3 Å². The molecule has 0 bridgehead atoms. The van der Waals surface area contributed by atoms with Crippen LogP contribution in [0.3, 0.4) is 0 Å². The number of H-pyrrole nitrogens is 1. The van der Waals surface area contributed by atoms with Crippen LogP contribution in [0.1, 0.15) is 25.2 Å². The molecule has 3 N–H and O–H groups in total. The molecule has 5 heteroatoms. The van der Waals surface area contributed by atoms with Gasteiger partial charge in [0.15, 0.2) is 5.82 Å². The molecule has 0 unspecified atom stereocenters. The first-order valence-corrected chi connectivity index (χ1v) is 4.70. The number of nitrogens with one attached hydrogen (secondary N) is 1. The van der Waals surface area contributed by atoms with Crippen molar-refractivity contribution in [2.75, 3.05) is 5.73 Å². The van der Waals surface area contributed by atoms with E-state index in [-0.39, 0.29) is 5.41 Å². The predicted octanol–water partition coefficient (Wildman–Crippen LogP) is 1.11. The van der Waals surface area contributed by atoms with Gasteiger partial charge in [0.05, 0.1) is 5.41 Å². The van der Waals surface area contributed by atoms with Crippen molar-refractivity contribution in [2.24, 2.45) is 0 Å². The van der Waals surface area contributed by atoms with Gasteiger partial charge in [-0.15, -0.1) is 10.2 Å². The molecule has 15 heavy (non-hydrogen) atoms. The van der Waals surface area contributed by atoms with Crippen molar-refractivity contribution in [3.63, 3.8) is 0 Å². The second kappa shape index (κ2) is 3.34. The summed E-state index contributed by atoms with van der Waals surface area (Å²) in [5, 5.41) is 14.0. The second-order valence-corrected chi connectivity index (χ2v) is 3.98. The van der Waals surface area contributed by atoms with E-state index in [4.69, 9.17) is 5.73 Å². The zero-order chi connectivity index (χ0) is 10.9. The molecule has 5 nitrogen and oxygen atoms in total. The molecule has 0 aliphatic carbocycles. The molecule has 1 aromatic carbocycles. The monoisotopic (exact) mass is 203 g/mol. The van der Waals surface area contributed by atoms with Gasteiger partial charge in [-0.1, -0.05) is 17.3 Å². The zero-order valence-corrected chi connectivity index (χ0v) is 8.73. The van der Waals surface area contributed by atoms with Crippen LogP contribution >= 0.6 is 0 Å². The maximum atomic E-state index is 5.64. The Balaban J connectivity index is 2.41. The van der Waals surface area contributed by atoms with Crippen molar-refractivity contribution < 1.29 is 0 Å². The largest absolute Gasteiger partial charge is 0.399 e. The molecule has 0 saturated carbocycles. The zero-order valence-electron chi connectivity index (χ0n) is 8.73. The van der Waals surface area contributed by atoms with Crippen LogP contribution in [0.15, 0.2) is 24.3 Å². The summed E-state index contributed by atoms with van der Waals surface area (Å²) in [5.74, 6) is 0.673. The highest BCUT2D eigenvalue weighted by atomic mass is 15.5. The minimum atomic E-state index is -0.263. The van der Waals surface area contributed by atoms with Gasteiger partial charge in [0, 0.05) is 5.69 Å². The van der Waals surface area contributed by atoms with Gasteiger partial charge in [0.25, 0.3) is 0 Å². The Kier molecular flexibility index (Phi) is 2.15. The van der Waals surface area contributed by atoms with Gasteiger partial charge in [-0.25, -0.2) is 0 Å². The first-order valence-electron chi connectivity index (χ1n) is 4.70. The van der Waals surface area contributed by atoms with E-state index in [2.05, 4.69) is 20.6 Å². The predicted molar refractivity (Wildman–Crippen MR) is 57.2 cm³/mol. The highest BCUT2D eigenvalue weighted by Crippen LogP contribution is 2.28. The summed E-state index contributed by atoms with van der Waals surface area (Å²) in [4.78, 5) is 0. The van der Waals surface area contributed by atoms with E-state index in [1.807, 2.05) is 38.1 Å². The van der Waals surface area contributed by atoms with E-state index in [9.17, 15) is 0 Å². The smallest absolute Gasteiger partial charge is 0.184 e. The van der Waals surface area contributed by atoms with Crippen molar-refractivity contribution in [1.29, 1.82) is 0 Å². The minimum absolute atomic E-state index is 0.263. The Morgan fingerprint density at radius 3 is 2.40 bits per heavy atom. The molecule has 2 rings (SSSR count). The summed E-state index contributed by atoms with van der Waals surface area (Å²) < 4.78 is 0. The van der Waals surface area contributed by atoms with Crippen LogP contribution in [-0.4, -0.2) is 20.6 Å². The molecule has 0 aliphatic rings. The van der Waals surface area contributed by atoms with Crippen LogP contribution in [0.4, 0.5) is 5.69 Å². The summed E-state index contributed by atoms with van der Waals surface area (Å²) in [6, 6.07) is 7.70. The van der Waals surface area contributed by atoms with Gasteiger partial charge in [0.2, 0.25) is 0 Å². The third-order valence-corrected chi connectivity index (χ3v) is 2.54. The normalized spacial score (nSPS) is 11.6. The highest BCUT2D eigenvalue weighted by molar-refractivity contribution is 5.42. The molecule has 0 spiro atoms. The van der Waals surface area contributed by atoms with Crippen LogP contribution in [-0.2, 0) is 5.41 Å². The molecule has 0 aliphatic heterocycles. The first kappa shape index (κ1) is 9.64. The van der Waals surface area contributed by atoms with E-state index in [0.717, 1.165) is 11.3 Å². The minimum Gasteiger partial charge on any atom is -0.399 e. The van der Waals surface area contributed by atoms with E-state index in [1.54, 1.807) is 0 Å². The number of hydrogen-bond acceptors (Lipinski definition) is 4. The molecular formula is C10H13N5. The fourth-order valence-corrected chi connectivity index (χ4v) is 1.46. The number of nitrogen functional groups attached to an aromatic ring is 1. The topological polar surface area (TPSA) is 80.5 Å². The van der Waals surface area contributed by atoms with Gasteiger partial charge in [0.1, 0.15) is 0 Å². The summed E-state index contributed by atoms with van der Waals surface area (Å²) in [6.07, 6.45) is 0. The van der Waals surface area contributed by atoms with Gasteiger partial charge in [-0.2, -0.15) is 5.21 Å². The van der Waals surface area contributed by atoms with Gasteiger partial charge in [-0.05, 0) is 31.5 Å². The molecular weight excluding hydrogens is 190 g/mol. The number of nitrogens with two attached hydrogens (primary N) is 1. The molecule has 0 radical (unpaired) electrons. The van der Waals surface area contributed by atoms with Gasteiger partial charge >= 0.3 is 0 Å². The van der Waals surface area contributed by atoms with E-state index in [1.165, 1.54) is 0 Å². The average Bonchev–Trinajstić information content (AvgIpc) is 2.71. The summed E-state index contributed by atoms with van der Waals surface area (Å²) in [5.41, 5.74) is 7.24. The first-order chi connectivity index (χ1) is 7.10. The van der Waals surface area contributed by atoms with Crippen molar-refractivity contribution in [1.82, 2.24) is 20.6 Å². The Bertz CT molecular complexity index is 429. The molecule has 0 saturated heterocycles. The average molecular weight is 203 g/mol. The van der Waals surface area contributed by atoms with Crippen LogP contribution in [0.25, 0.3) is 0 Å². The van der Waals surface area contributed by atoms with Gasteiger partial charge < -0.3 is 5.73 Å².